The van der Waals surface area contributed by atoms with Crippen molar-refractivity contribution in [3.63, 3.8) is 0 Å². The number of nitrogens with zero attached hydrogens (tertiary/aromatic N) is 1. The SMILES string of the molecule is CCOC(OCC)P(=O)(C[C@@H](O)CN1C(=O)c2ccccc2C1=O)OCC. The Labute approximate surface area is 158 Å². The molecular weight excluding hydrogens is 373 g/mol. The van der Waals surface area contributed by atoms with Crippen LogP contribution in [0.5, 0.6) is 0 Å². The third-order valence-electron chi connectivity index (χ3n) is 4.02. The van der Waals surface area contributed by atoms with Crippen molar-refractivity contribution in [3.05, 3.63) is 35.4 Å². The Bertz CT molecular complexity index is 682. The number of hydrogen-bond acceptors (Lipinski definition) is 7. The van der Waals surface area contributed by atoms with E-state index in [1.54, 1.807) is 45.0 Å². The molecule has 9 heteroatoms. The predicted octanol–water partition coefficient (Wildman–Crippen LogP) is 2.31. The molecule has 1 heterocycles. The Kier molecular flexibility index (Phi) is 7.70. The monoisotopic (exact) mass is 399 g/mol. The van der Waals surface area contributed by atoms with Crippen molar-refractivity contribution in [2.45, 2.75) is 32.9 Å². The summed E-state index contributed by atoms with van der Waals surface area (Å²) >= 11 is 0. The van der Waals surface area contributed by atoms with Gasteiger partial charge in [-0.25, -0.2) is 0 Å². The summed E-state index contributed by atoms with van der Waals surface area (Å²) in [6, 6.07) is 5.36. The molecule has 1 N–H and O–H groups in total. The number of hydrogen-bond donors (Lipinski definition) is 1. The molecule has 1 aliphatic rings. The second kappa shape index (κ2) is 9.57. The molecule has 1 unspecified atom stereocenters. The average molecular weight is 399 g/mol. The van der Waals surface area contributed by atoms with E-state index in [0.717, 1.165) is 4.90 Å². The van der Waals surface area contributed by atoms with Crippen LogP contribution in [0.2, 0.25) is 0 Å². The molecule has 0 bridgehead atoms. The quantitative estimate of drug-likeness (QED) is 0.346. The van der Waals surface area contributed by atoms with Gasteiger partial charge in [0.2, 0.25) is 6.03 Å². The van der Waals surface area contributed by atoms with Gasteiger partial charge in [0.25, 0.3) is 19.2 Å². The Balaban J connectivity index is 2.12. The molecule has 0 radical (unpaired) electrons. The maximum absolute atomic E-state index is 13.2. The Hall–Kier alpha value is -1.57. The normalized spacial score (nSPS) is 17.3. The van der Waals surface area contributed by atoms with E-state index in [0.29, 0.717) is 11.1 Å². The fourth-order valence-corrected chi connectivity index (χ4v) is 5.24. The van der Waals surface area contributed by atoms with Gasteiger partial charge in [-0.3, -0.25) is 19.1 Å². The number of fused-ring (bicyclic) bond motifs is 1. The highest BCUT2D eigenvalue weighted by molar-refractivity contribution is 7.59. The summed E-state index contributed by atoms with van der Waals surface area (Å²) in [6.45, 7) is 5.53. The number of carbonyl (C=O) groups excluding carboxylic acids is 2. The first-order chi connectivity index (χ1) is 12.9. The number of rotatable bonds is 11. The highest BCUT2D eigenvalue weighted by Gasteiger charge is 2.41. The molecule has 27 heavy (non-hydrogen) atoms. The van der Waals surface area contributed by atoms with Gasteiger partial charge >= 0.3 is 0 Å². The van der Waals surface area contributed by atoms with Gasteiger partial charge in [0.05, 0.1) is 36.5 Å². The molecule has 0 spiro atoms. The number of β-amino-alcohol motifs (C(OH)–C–C–N with tert-alkyl or cyclic N) is 1. The Morgan fingerprint density at radius 2 is 1.52 bits per heavy atom. The molecule has 0 fully saturated rings. The van der Waals surface area contributed by atoms with Crippen molar-refractivity contribution < 1.29 is 33.3 Å². The fourth-order valence-electron chi connectivity index (χ4n) is 2.95. The smallest absolute Gasteiger partial charge is 0.261 e. The lowest BCUT2D eigenvalue weighted by atomic mass is 10.1. The molecular formula is C18H26NO7P. The van der Waals surface area contributed by atoms with Crippen LogP contribution in [0.25, 0.3) is 0 Å². The standard InChI is InChI=1S/C18H26NO7P/c1-4-24-18(25-5-2)27(23,26-6-3)12-13(20)11-19-16(21)14-9-7-8-10-15(14)17(19)22/h7-10,13,18,20H,4-6,11-12H2,1-3H3/t13-,27?/m0/s1. The largest absolute Gasteiger partial charge is 0.391 e. The number of benzene rings is 1. The van der Waals surface area contributed by atoms with E-state index in [4.69, 9.17) is 14.0 Å². The van der Waals surface area contributed by atoms with Gasteiger partial charge in [-0.15, -0.1) is 0 Å². The van der Waals surface area contributed by atoms with Crippen LogP contribution in [0.3, 0.4) is 0 Å². The first kappa shape index (κ1) is 21.7. The Morgan fingerprint density at radius 3 is 1.96 bits per heavy atom. The highest BCUT2D eigenvalue weighted by Crippen LogP contribution is 2.53. The first-order valence-electron chi connectivity index (χ1n) is 8.97. The van der Waals surface area contributed by atoms with Gasteiger partial charge in [0.15, 0.2) is 0 Å². The summed E-state index contributed by atoms with van der Waals surface area (Å²) in [4.78, 5) is 25.8. The molecule has 1 aliphatic heterocycles. The van der Waals surface area contributed by atoms with Crippen molar-refractivity contribution in [2.24, 2.45) is 0 Å². The molecule has 0 saturated heterocycles. The third-order valence-corrected chi connectivity index (χ3v) is 6.59. The van der Waals surface area contributed by atoms with E-state index >= 15 is 0 Å². The molecule has 0 saturated carbocycles. The summed E-state index contributed by atoms with van der Waals surface area (Å²) in [5, 5.41) is 10.5. The summed E-state index contributed by atoms with van der Waals surface area (Å²) in [5.41, 5.74) is 0.591. The molecule has 1 aromatic carbocycles. The van der Waals surface area contributed by atoms with Crippen LogP contribution < -0.4 is 0 Å². The number of carbonyl (C=O) groups is 2. The van der Waals surface area contributed by atoms with E-state index in [9.17, 15) is 19.3 Å². The van der Waals surface area contributed by atoms with Crippen molar-refractivity contribution in [2.75, 3.05) is 32.5 Å². The zero-order valence-corrected chi connectivity index (χ0v) is 16.7. The molecule has 2 rings (SSSR count). The average Bonchev–Trinajstić information content (AvgIpc) is 2.87. The van der Waals surface area contributed by atoms with Gasteiger partial charge in [-0.05, 0) is 32.9 Å². The summed E-state index contributed by atoms with van der Waals surface area (Å²) in [6.07, 6.45) is -1.54. The molecule has 1 aromatic rings. The Morgan fingerprint density at radius 1 is 1.00 bits per heavy atom. The molecule has 0 aliphatic carbocycles. The zero-order chi connectivity index (χ0) is 20.0. The minimum Gasteiger partial charge on any atom is -0.391 e. The lowest BCUT2D eigenvalue weighted by molar-refractivity contribution is -0.0895. The highest BCUT2D eigenvalue weighted by atomic mass is 31.2. The number of ether oxygens (including phenoxy) is 2. The van der Waals surface area contributed by atoms with Crippen LogP contribution in [0.4, 0.5) is 0 Å². The fraction of sp³-hybridized carbons (Fsp3) is 0.556. The van der Waals surface area contributed by atoms with E-state index in [2.05, 4.69) is 0 Å². The lowest BCUT2D eigenvalue weighted by Gasteiger charge is -2.29. The van der Waals surface area contributed by atoms with Gasteiger partial charge < -0.3 is 19.1 Å². The van der Waals surface area contributed by atoms with Gasteiger partial charge in [-0.2, -0.15) is 0 Å². The minimum atomic E-state index is -3.53. The molecule has 8 nitrogen and oxygen atoms in total. The van der Waals surface area contributed by atoms with E-state index in [1.165, 1.54) is 0 Å². The molecule has 0 aromatic heterocycles. The number of amides is 2. The third kappa shape index (κ3) is 4.83. The van der Waals surface area contributed by atoms with Crippen molar-refractivity contribution in [1.82, 2.24) is 4.90 Å². The topological polar surface area (TPSA) is 102 Å². The van der Waals surface area contributed by atoms with Gasteiger partial charge in [-0.1, -0.05) is 12.1 Å². The van der Waals surface area contributed by atoms with Crippen LogP contribution in [-0.2, 0) is 18.6 Å². The first-order valence-corrected chi connectivity index (χ1v) is 10.9. The van der Waals surface area contributed by atoms with Crippen molar-refractivity contribution >= 4 is 19.2 Å². The molecule has 150 valence electrons. The van der Waals surface area contributed by atoms with Crippen LogP contribution in [0, 0.1) is 0 Å². The maximum Gasteiger partial charge on any atom is 0.261 e. The molecule has 2 amide bonds. The van der Waals surface area contributed by atoms with Gasteiger partial charge in [0, 0.05) is 13.2 Å². The number of aliphatic hydroxyl groups excluding tert-OH is 1. The van der Waals surface area contributed by atoms with Crippen LogP contribution in [0.15, 0.2) is 24.3 Å². The van der Waals surface area contributed by atoms with E-state index in [-0.39, 0.29) is 32.5 Å². The number of aliphatic hydroxyl groups is 1. The molecule has 2 atom stereocenters. The van der Waals surface area contributed by atoms with Crippen molar-refractivity contribution in [1.29, 1.82) is 0 Å². The second-order valence-electron chi connectivity index (χ2n) is 5.96. The number of imide groups is 1. The van der Waals surface area contributed by atoms with Crippen LogP contribution in [-0.4, -0.2) is 66.5 Å². The summed E-state index contributed by atoms with van der Waals surface area (Å²) < 4.78 is 29.4. The van der Waals surface area contributed by atoms with Gasteiger partial charge in [0.1, 0.15) is 0 Å². The summed E-state index contributed by atoms with van der Waals surface area (Å²) in [5.74, 6) is -0.959. The van der Waals surface area contributed by atoms with E-state index < -0.39 is 31.3 Å². The van der Waals surface area contributed by atoms with Crippen LogP contribution in [0.1, 0.15) is 41.5 Å². The van der Waals surface area contributed by atoms with Crippen LogP contribution >= 0.6 is 7.37 Å². The second-order valence-corrected chi connectivity index (χ2v) is 8.46. The summed E-state index contributed by atoms with van der Waals surface area (Å²) in [7, 11) is -3.53. The van der Waals surface area contributed by atoms with E-state index in [1.807, 2.05) is 0 Å². The van der Waals surface area contributed by atoms with Crippen molar-refractivity contribution in [3.8, 4) is 0 Å². The maximum atomic E-state index is 13.2. The predicted molar refractivity (Wildman–Crippen MR) is 99.0 cm³/mol. The lowest BCUT2D eigenvalue weighted by Crippen LogP contribution is -2.39. The zero-order valence-electron chi connectivity index (χ0n) is 15.8. The minimum absolute atomic E-state index is 0.146.